The summed E-state index contributed by atoms with van der Waals surface area (Å²) in [6, 6.07) is 3.01. The Morgan fingerprint density at radius 1 is 1.18 bits per heavy atom. The third kappa shape index (κ3) is 4.04. The number of ketones is 1. The van der Waals surface area contributed by atoms with Gasteiger partial charge in [0.2, 0.25) is 11.7 Å². The van der Waals surface area contributed by atoms with Gasteiger partial charge in [-0.3, -0.25) is 19.3 Å². The van der Waals surface area contributed by atoms with E-state index in [1.54, 1.807) is 9.80 Å². The Bertz CT molecular complexity index is 1070. The van der Waals surface area contributed by atoms with Gasteiger partial charge in [-0.15, -0.1) is 0 Å². The zero-order chi connectivity index (χ0) is 24.1. The standard InChI is InChI=1S/C24H28F2N4O4/c1-13-6-7-28(10-14-2-3-14)19-12-29-11-17(21(31)22(32)20(29)24(34)30(13)19)23(33)27-9-15-4-5-16(25)8-18(15)26/h4-5,8,13-14,17,19,32H,2-3,6-7,9-12H2,1H3,(H,27,33)/t13-,17?,19-/m0/s1. The highest BCUT2D eigenvalue weighted by atomic mass is 19.1. The van der Waals surface area contributed by atoms with Crippen LogP contribution in [-0.2, 0) is 20.9 Å². The maximum Gasteiger partial charge on any atom is 0.275 e. The number of hydrogen-bond acceptors (Lipinski definition) is 6. The molecule has 34 heavy (non-hydrogen) atoms. The average Bonchev–Trinajstić information content (AvgIpc) is 3.61. The van der Waals surface area contributed by atoms with Gasteiger partial charge in [0.15, 0.2) is 5.76 Å². The minimum atomic E-state index is -1.23. The monoisotopic (exact) mass is 474 g/mol. The normalized spacial score (nSPS) is 27.6. The quantitative estimate of drug-likeness (QED) is 0.629. The van der Waals surface area contributed by atoms with Gasteiger partial charge in [0, 0.05) is 43.9 Å². The topological polar surface area (TPSA) is 93.2 Å². The molecule has 8 nitrogen and oxygen atoms in total. The minimum Gasteiger partial charge on any atom is -0.503 e. The maximum absolute atomic E-state index is 13.9. The van der Waals surface area contributed by atoms with Crippen molar-refractivity contribution in [3.63, 3.8) is 0 Å². The number of allylic oxidation sites excluding steroid dienone is 1. The molecule has 2 N–H and O–H groups in total. The number of aliphatic hydroxyl groups is 1. The lowest BCUT2D eigenvalue weighted by Gasteiger charge is -2.54. The van der Waals surface area contributed by atoms with Gasteiger partial charge in [-0.25, -0.2) is 8.78 Å². The van der Waals surface area contributed by atoms with E-state index in [0.29, 0.717) is 12.5 Å². The molecule has 1 saturated carbocycles. The molecule has 0 aromatic heterocycles. The van der Waals surface area contributed by atoms with Crippen molar-refractivity contribution >= 4 is 17.6 Å². The summed E-state index contributed by atoms with van der Waals surface area (Å²) in [4.78, 5) is 44.7. The van der Waals surface area contributed by atoms with E-state index in [0.717, 1.165) is 31.6 Å². The highest BCUT2D eigenvalue weighted by Crippen LogP contribution is 2.37. The summed E-state index contributed by atoms with van der Waals surface area (Å²) in [5.74, 6) is -4.71. The number of amides is 2. The van der Waals surface area contributed by atoms with Crippen LogP contribution in [0.1, 0.15) is 31.7 Å². The van der Waals surface area contributed by atoms with Crippen molar-refractivity contribution in [3.05, 3.63) is 46.9 Å². The van der Waals surface area contributed by atoms with E-state index in [-0.39, 0.29) is 42.5 Å². The lowest BCUT2D eigenvalue weighted by atomic mass is 9.91. The summed E-state index contributed by atoms with van der Waals surface area (Å²) in [5, 5.41) is 13.2. The maximum atomic E-state index is 13.9. The van der Waals surface area contributed by atoms with Gasteiger partial charge in [0.1, 0.15) is 29.4 Å². The molecule has 3 heterocycles. The number of benzene rings is 1. The highest BCUT2D eigenvalue weighted by molar-refractivity contribution is 6.13. The molecule has 10 heteroatoms. The molecule has 4 aliphatic rings. The Morgan fingerprint density at radius 2 is 1.94 bits per heavy atom. The Kier molecular flexibility index (Phi) is 5.79. The van der Waals surface area contributed by atoms with Gasteiger partial charge in [-0.1, -0.05) is 6.07 Å². The molecular formula is C24H28F2N4O4. The third-order valence-corrected chi connectivity index (χ3v) is 7.34. The molecule has 0 bridgehead atoms. The van der Waals surface area contributed by atoms with Crippen LogP contribution in [-0.4, -0.2) is 75.8 Å². The van der Waals surface area contributed by atoms with Gasteiger partial charge in [0.05, 0.1) is 6.54 Å². The van der Waals surface area contributed by atoms with Crippen LogP contribution in [0.15, 0.2) is 29.7 Å². The molecule has 1 unspecified atom stereocenters. The van der Waals surface area contributed by atoms with E-state index in [1.165, 1.54) is 18.9 Å². The number of halogens is 2. The van der Waals surface area contributed by atoms with Crippen LogP contribution in [0.25, 0.3) is 0 Å². The first-order chi connectivity index (χ1) is 16.2. The zero-order valence-corrected chi connectivity index (χ0v) is 19.0. The largest absolute Gasteiger partial charge is 0.503 e. The summed E-state index contributed by atoms with van der Waals surface area (Å²) in [6.07, 6.45) is 3.02. The molecule has 3 aliphatic heterocycles. The second-order valence-electron chi connectivity index (χ2n) is 9.74. The minimum absolute atomic E-state index is 0.0165. The molecule has 1 aromatic rings. The number of nitrogens with zero attached hydrogens (tertiary/aromatic N) is 3. The Hall–Kier alpha value is -3.01. The summed E-state index contributed by atoms with van der Waals surface area (Å²) in [6.45, 7) is 3.88. The Morgan fingerprint density at radius 3 is 2.65 bits per heavy atom. The molecule has 3 fully saturated rings. The molecule has 1 aliphatic carbocycles. The number of Topliss-reactive ketones (excluding diaryl/α,β-unsaturated/α-hetero) is 1. The molecule has 2 amide bonds. The molecule has 2 saturated heterocycles. The van der Waals surface area contributed by atoms with E-state index in [2.05, 4.69) is 10.2 Å². The number of rotatable bonds is 5. The van der Waals surface area contributed by atoms with Gasteiger partial charge in [-0.05, 0) is 38.2 Å². The average molecular weight is 475 g/mol. The van der Waals surface area contributed by atoms with Crippen molar-refractivity contribution in [2.24, 2.45) is 11.8 Å². The van der Waals surface area contributed by atoms with Crippen LogP contribution < -0.4 is 5.32 Å². The molecule has 5 rings (SSSR count). The number of carbonyl (C=O) groups is 3. The van der Waals surface area contributed by atoms with Crippen molar-refractivity contribution in [3.8, 4) is 0 Å². The first kappa shape index (κ1) is 22.8. The number of fused-ring (bicyclic) bond motifs is 2. The van der Waals surface area contributed by atoms with Crippen molar-refractivity contribution in [1.29, 1.82) is 0 Å². The molecule has 3 atom stereocenters. The van der Waals surface area contributed by atoms with Crippen LogP contribution >= 0.6 is 0 Å². The van der Waals surface area contributed by atoms with Crippen LogP contribution in [0.4, 0.5) is 8.78 Å². The van der Waals surface area contributed by atoms with E-state index < -0.39 is 35.0 Å². The number of aliphatic hydroxyl groups excluding tert-OH is 1. The predicted octanol–water partition coefficient (Wildman–Crippen LogP) is 1.52. The van der Waals surface area contributed by atoms with E-state index >= 15 is 0 Å². The van der Waals surface area contributed by atoms with Crippen molar-refractivity contribution in [2.75, 3.05) is 26.2 Å². The molecule has 0 radical (unpaired) electrons. The lowest BCUT2D eigenvalue weighted by Crippen LogP contribution is -2.69. The van der Waals surface area contributed by atoms with Gasteiger partial charge in [-0.2, -0.15) is 0 Å². The number of nitrogens with one attached hydrogen (secondary N) is 1. The number of hydrogen-bond donors (Lipinski definition) is 2. The summed E-state index contributed by atoms with van der Waals surface area (Å²) in [5.41, 5.74) is 0.0316. The first-order valence-electron chi connectivity index (χ1n) is 11.7. The van der Waals surface area contributed by atoms with Crippen molar-refractivity contribution < 1.29 is 28.3 Å². The SMILES string of the molecule is C[C@H]1CCN(CC2CC2)[C@@H]2CN3CC(C(=O)NCc4ccc(F)cc4F)C(=O)C(O)=C3C(=O)N12. The van der Waals surface area contributed by atoms with Crippen molar-refractivity contribution in [2.45, 2.75) is 44.9 Å². The van der Waals surface area contributed by atoms with Gasteiger partial charge >= 0.3 is 0 Å². The molecule has 1 aromatic carbocycles. The van der Waals surface area contributed by atoms with Crippen LogP contribution in [0.3, 0.4) is 0 Å². The smallest absolute Gasteiger partial charge is 0.275 e. The number of carbonyl (C=O) groups excluding carboxylic acids is 3. The lowest BCUT2D eigenvalue weighted by molar-refractivity contribution is -0.155. The Balaban J connectivity index is 1.34. The summed E-state index contributed by atoms with van der Waals surface area (Å²) in [7, 11) is 0. The first-order valence-corrected chi connectivity index (χ1v) is 11.7. The van der Waals surface area contributed by atoms with Gasteiger partial charge < -0.3 is 20.2 Å². The second kappa shape index (κ2) is 8.65. The predicted molar refractivity (Wildman–Crippen MR) is 117 cm³/mol. The fraction of sp³-hybridized carbons (Fsp3) is 0.542. The Labute approximate surface area is 196 Å². The van der Waals surface area contributed by atoms with E-state index in [1.807, 2.05) is 6.92 Å². The summed E-state index contributed by atoms with van der Waals surface area (Å²) < 4.78 is 27.0. The van der Waals surface area contributed by atoms with E-state index in [4.69, 9.17) is 0 Å². The van der Waals surface area contributed by atoms with Crippen LogP contribution in [0.5, 0.6) is 0 Å². The fourth-order valence-corrected chi connectivity index (χ4v) is 5.21. The van der Waals surface area contributed by atoms with Gasteiger partial charge in [0.25, 0.3) is 5.91 Å². The molecule has 182 valence electrons. The number of piperazine rings is 1. The molecule has 0 spiro atoms. The van der Waals surface area contributed by atoms with E-state index in [9.17, 15) is 28.3 Å². The van der Waals surface area contributed by atoms with Crippen molar-refractivity contribution in [1.82, 2.24) is 20.0 Å². The second-order valence-corrected chi connectivity index (χ2v) is 9.74. The zero-order valence-electron chi connectivity index (χ0n) is 19.0. The third-order valence-electron chi connectivity index (χ3n) is 7.34. The fourth-order valence-electron chi connectivity index (χ4n) is 5.21. The molecular weight excluding hydrogens is 446 g/mol. The summed E-state index contributed by atoms with van der Waals surface area (Å²) >= 11 is 0. The van der Waals surface area contributed by atoms with Crippen LogP contribution in [0.2, 0.25) is 0 Å². The van der Waals surface area contributed by atoms with Crippen LogP contribution in [0, 0.1) is 23.5 Å². The highest BCUT2D eigenvalue weighted by Gasteiger charge is 2.50.